The average molecular weight is 628 g/mol. The lowest BCUT2D eigenvalue weighted by atomic mass is 10.0. The number of nitrogens with zero attached hydrogens (tertiary/aromatic N) is 2. The third-order valence-corrected chi connectivity index (χ3v) is 9.96. The largest absolute Gasteiger partial charge is 0.352 e. The van der Waals surface area contributed by atoms with E-state index in [1.807, 2.05) is 43.3 Å². The first kappa shape index (κ1) is 31.9. The van der Waals surface area contributed by atoms with Gasteiger partial charge in [0.2, 0.25) is 11.8 Å². The molecule has 0 aliphatic heterocycles. The van der Waals surface area contributed by atoms with Crippen molar-refractivity contribution in [2.45, 2.75) is 62.6 Å². The van der Waals surface area contributed by atoms with Crippen LogP contribution in [0.5, 0.6) is 0 Å². The maximum absolute atomic E-state index is 15.1. The highest BCUT2D eigenvalue weighted by molar-refractivity contribution is 7.92. The maximum atomic E-state index is 15.1. The van der Waals surface area contributed by atoms with Crippen molar-refractivity contribution in [3.05, 3.63) is 132 Å². The first-order valence-electron chi connectivity index (χ1n) is 15.2. The van der Waals surface area contributed by atoms with E-state index in [0.717, 1.165) is 41.1 Å². The Bertz CT molecular complexity index is 1710. The fraction of sp³-hybridized carbons (Fsp3) is 0.278. The Kier molecular flexibility index (Phi) is 10.3. The number of carbonyl (C=O) groups is 2. The molecule has 1 aliphatic rings. The van der Waals surface area contributed by atoms with Crippen LogP contribution in [0.15, 0.2) is 114 Å². The molecule has 0 radical (unpaired) electrons. The summed E-state index contributed by atoms with van der Waals surface area (Å²) in [5.74, 6) is -1.48. The monoisotopic (exact) mass is 627 g/mol. The predicted octanol–water partition coefficient (Wildman–Crippen LogP) is 6.03. The molecule has 1 fully saturated rings. The summed E-state index contributed by atoms with van der Waals surface area (Å²) in [5, 5.41) is 3.13. The standard InChI is InChI=1S/C36H38FN3O4S/c1-27-13-12-19-31(23-27)40(45(43,44)32-20-6-3-7-21-32)26-35(41)39(25-29-16-8-11-22-33(29)37)34(24-28-14-4-2-5-15-28)36(42)38-30-17-9-10-18-30/h2-8,11-16,19-23,30,34H,9-10,17-18,24-26H2,1H3,(H,38,42)/t34-/m1/s1. The lowest BCUT2D eigenvalue weighted by molar-refractivity contribution is -0.140. The maximum Gasteiger partial charge on any atom is 0.264 e. The van der Waals surface area contributed by atoms with E-state index < -0.39 is 34.3 Å². The van der Waals surface area contributed by atoms with E-state index in [-0.39, 0.29) is 35.4 Å². The Morgan fingerprint density at radius 1 is 0.867 bits per heavy atom. The van der Waals surface area contributed by atoms with Crippen molar-refractivity contribution in [2.24, 2.45) is 0 Å². The minimum absolute atomic E-state index is 0.0107. The van der Waals surface area contributed by atoms with Crippen LogP contribution in [0.25, 0.3) is 0 Å². The molecular formula is C36H38FN3O4S. The van der Waals surface area contributed by atoms with Crippen LogP contribution in [0.1, 0.15) is 42.4 Å². The van der Waals surface area contributed by atoms with Gasteiger partial charge in [-0.25, -0.2) is 12.8 Å². The third kappa shape index (κ3) is 7.97. The van der Waals surface area contributed by atoms with E-state index in [1.165, 1.54) is 23.1 Å². The number of halogens is 1. The van der Waals surface area contributed by atoms with Gasteiger partial charge in [0.1, 0.15) is 18.4 Å². The molecule has 0 spiro atoms. The van der Waals surface area contributed by atoms with Gasteiger partial charge in [-0.2, -0.15) is 0 Å². The molecule has 1 N–H and O–H groups in total. The van der Waals surface area contributed by atoms with Gasteiger partial charge in [0.25, 0.3) is 10.0 Å². The summed E-state index contributed by atoms with van der Waals surface area (Å²) < 4.78 is 44.3. The smallest absolute Gasteiger partial charge is 0.264 e. The van der Waals surface area contributed by atoms with Crippen LogP contribution in [0.4, 0.5) is 10.1 Å². The van der Waals surface area contributed by atoms with E-state index in [2.05, 4.69) is 5.32 Å². The summed E-state index contributed by atoms with van der Waals surface area (Å²) in [4.78, 5) is 29.9. The van der Waals surface area contributed by atoms with E-state index >= 15 is 4.39 Å². The Morgan fingerprint density at radius 3 is 2.18 bits per heavy atom. The second kappa shape index (κ2) is 14.5. The highest BCUT2D eigenvalue weighted by atomic mass is 32.2. The zero-order valence-corrected chi connectivity index (χ0v) is 26.1. The van der Waals surface area contributed by atoms with E-state index in [4.69, 9.17) is 0 Å². The zero-order chi connectivity index (χ0) is 31.8. The lowest BCUT2D eigenvalue weighted by Crippen LogP contribution is -2.54. The van der Waals surface area contributed by atoms with Crippen LogP contribution >= 0.6 is 0 Å². The lowest BCUT2D eigenvalue weighted by Gasteiger charge is -2.34. The van der Waals surface area contributed by atoms with Gasteiger partial charge in [0.05, 0.1) is 10.6 Å². The molecule has 9 heteroatoms. The van der Waals surface area contributed by atoms with Gasteiger partial charge in [-0.1, -0.05) is 91.7 Å². The molecule has 0 bridgehead atoms. The van der Waals surface area contributed by atoms with E-state index in [9.17, 15) is 18.0 Å². The SMILES string of the molecule is Cc1cccc(N(CC(=O)N(Cc2ccccc2F)[C@H](Cc2ccccc2)C(=O)NC2CCCC2)S(=O)(=O)c2ccccc2)c1. The molecule has 7 nitrogen and oxygen atoms in total. The van der Waals surface area contributed by atoms with Crippen LogP contribution in [-0.2, 0) is 32.6 Å². The number of anilines is 1. The molecule has 5 rings (SSSR count). The van der Waals surface area contributed by atoms with Gasteiger partial charge in [-0.3, -0.25) is 13.9 Å². The molecule has 0 unspecified atom stereocenters. The zero-order valence-electron chi connectivity index (χ0n) is 25.3. The fourth-order valence-electron chi connectivity index (χ4n) is 5.76. The van der Waals surface area contributed by atoms with Gasteiger partial charge in [0, 0.05) is 24.6 Å². The molecule has 234 valence electrons. The van der Waals surface area contributed by atoms with Gasteiger partial charge in [-0.05, 0) is 61.2 Å². The number of aryl methyl sites for hydroxylation is 1. The summed E-state index contributed by atoms with van der Waals surface area (Å²) in [6.45, 7) is 1.04. The number of rotatable bonds is 12. The minimum Gasteiger partial charge on any atom is -0.352 e. The predicted molar refractivity (Wildman–Crippen MR) is 173 cm³/mol. The average Bonchev–Trinajstić information content (AvgIpc) is 3.56. The minimum atomic E-state index is -4.19. The molecule has 0 heterocycles. The Labute approximate surface area is 264 Å². The number of nitrogens with one attached hydrogen (secondary N) is 1. The Hall–Kier alpha value is -4.50. The normalized spacial score (nSPS) is 14.1. The second-order valence-electron chi connectivity index (χ2n) is 11.5. The van der Waals surface area contributed by atoms with Crippen molar-refractivity contribution >= 4 is 27.5 Å². The molecule has 1 atom stereocenters. The number of benzene rings is 4. The quantitative estimate of drug-likeness (QED) is 0.208. The molecule has 2 amide bonds. The first-order valence-corrected chi connectivity index (χ1v) is 16.7. The molecule has 1 saturated carbocycles. The highest BCUT2D eigenvalue weighted by Crippen LogP contribution is 2.26. The summed E-state index contributed by atoms with van der Waals surface area (Å²) in [6, 6.07) is 29.2. The Morgan fingerprint density at radius 2 is 1.51 bits per heavy atom. The van der Waals surface area contributed by atoms with Crippen molar-refractivity contribution in [3.63, 3.8) is 0 Å². The molecular weight excluding hydrogens is 589 g/mol. The highest BCUT2D eigenvalue weighted by Gasteiger charge is 2.36. The molecule has 45 heavy (non-hydrogen) atoms. The third-order valence-electron chi connectivity index (χ3n) is 8.17. The number of sulfonamides is 1. The summed E-state index contributed by atoms with van der Waals surface area (Å²) >= 11 is 0. The van der Waals surface area contributed by atoms with Crippen LogP contribution in [0, 0.1) is 12.7 Å². The van der Waals surface area contributed by atoms with Crippen molar-refractivity contribution < 1.29 is 22.4 Å². The van der Waals surface area contributed by atoms with Crippen molar-refractivity contribution in [2.75, 3.05) is 10.8 Å². The van der Waals surface area contributed by atoms with Crippen molar-refractivity contribution in [1.82, 2.24) is 10.2 Å². The number of hydrogen-bond acceptors (Lipinski definition) is 4. The molecule has 0 saturated heterocycles. The first-order chi connectivity index (χ1) is 21.7. The van der Waals surface area contributed by atoms with Crippen molar-refractivity contribution in [1.29, 1.82) is 0 Å². The van der Waals surface area contributed by atoms with Gasteiger partial charge < -0.3 is 10.2 Å². The van der Waals surface area contributed by atoms with Gasteiger partial charge >= 0.3 is 0 Å². The second-order valence-corrected chi connectivity index (χ2v) is 13.3. The molecule has 0 aromatic heterocycles. The fourth-order valence-corrected chi connectivity index (χ4v) is 7.19. The van der Waals surface area contributed by atoms with Crippen LogP contribution in [0.2, 0.25) is 0 Å². The number of hydrogen-bond donors (Lipinski definition) is 1. The summed E-state index contributed by atoms with van der Waals surface area (Å²) in [6.07, 6.45) is 3.89. The van der Waals surface area contributed by atoms with Crippen LogP contribution < -0.4 is 9.62 Å². The molecule has 4 aromatic carbocycles. The summed E-state index contributed by atoms with van der Waals surface area (Å²) in [5.41, 5.74) is 2.18. The van der Waals surface area contributed by atoms with E-state index in [0.29, 0.717) is 5.69 Å². The van der Waals surface area contributed by atoms with Gasteiger partial charge in [0.15, 0.2) is 0 Å². The van der Waals surface area contributed by atoms with E-state index in [1.54, 1.807) is 54.6 Å². The van der Waals surface area contributed by atoms with Crippen LogP contribution in [-0.4, -0.2) is 43.8 Å². The van der Waals surface area contributed by atoms with Crippen molar-refractivity contribution in [3.8, 4) is 0 Å². The molecule has 1 aliphatic carbocycles. The molecule has 4 aromatic rings. The van der Waals surface area contributed by atoms with Gasteiger partial charge in [-0.15, -0.1) is 0 Å². The summed E-state index contributed by atoms with van der Waals surface area (Å²) in [7, 11) is -4.19. The topological polar surface area (TPSA) is 86.8 Å². The number of amides is 2. The van der Waals surface area contributed by atoms with Crippen LogP contribution in [0.3, 0.4) is 0 Å². The Balaban J connectivity index is 1.57. The number of carbonyl (C=O) groups excluding carboxylic acids is 2.